The molecule has 2 aromatic carbocycles. The molecule has 2 aromatic rings. The highest BCUT2D eigenvalue weighted by Crippen LogP contribution is 2.39. The Morgan fingerprint density at radius 1 is 1.20 bits per heavy atom. The second-order valence-electron chi connectivity index (χ2n) is 5.87. The Kier molecular flexibility index (Phi) is 5.07. The quantitative estimate of drug-likeness (QED) is 0.904. The molecule has 0 saturated carbocycles. The van der Waals surface area contributed by atoms with Crippen molar-refractivity contribution >= 4 is 11.7 Å². The monoisotopic (exact) mass is 344 g/mol. The van der Waals surface area contributed by atoms with Gasteiger partial charge in [0.05, 0.1) is 25.9 Å². The SMILES string of the molecule is COc1ccc([C@@H]2CCCN2C(=O)Nc2ccccc2F)c(OC)c1. The van der Waals surface area contributed by atoms with Gasteiger partial charge in [0.15, 0.2) is 0 Å². The third-order valence-electron chi connectivity index (χ3n) is 4.43. The first-order chi connectivity index (χ1) is 12.1. The minimum Gasteiger partial charge on any atom is -0.497 e. The Labute approximate surface area is 146 Å². The average molecular weight is 344 g/mol. The van der Waals surface area contributed by atoms with Crippen LogP contribution in [0.25, 0.3) is 0 Å². The summed E-state index contributed by atoms with van der Waals surface area (Å²) in [5, 5.41) is 2.66. The Balaban J connectivity index is 1.83. The first kappa shape index (κ1) is 17.1. The van der Waals surface area contributed by atoms with Gasteiger partial charge in [0.1, 0.15) is 17.3 Å². The Bertz CT molecular complexity index is 766. The molecule has 0 bridgehead atoms. The van der Waals surface area contributed by atoms with Gasteiger partial charge in [-0.05, 0) is 37.1 Å². The maximum Gasteiger partial charge on any atom is 0.322 e. The van der Waals surface area contributed by atoms with E-state index in [1.54, 1.807) is 43.4 Å². The van der Waals surface area contributed by atoms with E-state index in [4.69, 9.17) is 9.47 Å². The van der Waals surface area contributed by atoms with E-state index in [1.165, 1.54) is 6.07 Å². The lowest BCUT2D eigenvalue weighted by molar-refractivity contribution is 0.206. The van der Waals surface area contributed by atoms with Crippen LogP contribution in [-0.4, -0.2) is 31.7 Å². The average Bonchev–Trinajstić information content (AvgIpc) is 3.12. The third kappa shape index (κ3) is 3.52. The number of likely N-dealkylation sites (tertiary alicyclic amines) is 1. The molecule has 0 spiro atoms. The van der Waals surface area contributed by atoms with Crippen LogP contribution in [0.15, 0.2) is 42.5 Å². The fourth-order valence-corrected chi connectivity index (χ4v) is 3.18. The molecule has 1 atom stereocenters. The molecular weight excluding hydrogens is 323 g/mol. The number of hydrogen-bond donors (Lipinski definition) is 1. The summed E-state index contributed by atoms with van der Waals surface area (Å²) in [6.07, 6.45) is 1.71. The summed E-state index contributed by atoms with van der Waals surface area (Å²) in [7, 11) is 3.19. The molecule has 3 rings (SSSR count). The van der Waals surface area contributed by atoms with Crippen LogP contribution in [0.4, 0.5) is 14.9 Å². The number of nitrogens with zero attached hydrogens (tertiary/aromatic N) is 1. The molecule has 0 unspecified atom stereocenters. The molecule has 0 aromatic heterocycles. The molecule has 0 radical (unpaired) electrons. The summed E-state index contributed by atoms with van der Waals surface area (Å²) in [4.78, 5) is 14.4. The van der Waals surface area contributed by atoms with Crippen molar-refractivity contribution in [3.63, 3.8) is 0 Å². The number of methoxy groups -OCH3 is 2. The second-order valence-corrected chi connectivity index (χ2v) is 5.87. The highest BCUT2D eigenvalue weighted by atomic mass is 19.1. The van der Waals surface area contributed by atoms with Crippen LogP contribution < -0.4 is 14.8 Å². The van der Waals surface area contributed by atoms with E-state index in [0.717, 1.165) is 18.4 Å². The maximum absolute atomic E-state index is 13.8. The molecule has 1 aliphatic heterocycles. The Hall–Kier alpha value is -2.76. The van der Waals surface area contributed by atoms with Gasteiger partial charge in [-0.3, -0.25) is 0 Å². The summed E-state index contributed by atoms with van der Waals surface area (Å²) in [6.45, 7) is 0.611. The topological polar surface area (TPSA) is 50.8 Å². The molecule has 0 aliphatic carbocycles. The van der Waals surface area contributed by atoms with E-state index in [9.17, 15) is 9.18 Å². The highest BCUT2D eigenvalue weighted by molar-refractivity contribution is 5.90. The normalized spacial score (nSPS) is 16.6. The number of halogens is 1. The van der Waals surface area contributed by atoms with Gasteiger partial charge >= 0.3 is 6.03 Å². The van der Waals surface area contributed by atoms with E-state index < -0.39 is 5.82 Å². The van der Waals surface area contributed by atoms with Crippen LogP contribution in [0, 0.1) is 5.82 Å². The molecule has 132 valence electrons. The smallest absolute Gasteiger partial charge is 0.322 e. The predicted octanol–water partition coefficient (Wildman–Crippen LogP) is 4.21. The molecule has 25 heavy (non-hydrogen) atoms. The zero-order valence-corrected chi connectivity index (χ0v) is 14.3. The van der Waals surface area contributed by atoms with E-state index in [0.29, 0.717) is 18.0 Å². The van der Waals surface area contributed by atoms with Crippen LogP contribution in [0.2, 0.25) is 0 Å². The standard InChI is InChI=1S/C19H21FN2O3/c1-24-13-9-10-14(18(12-13)25-2)17-8-5-11-22(17)19(23)21-16-7-4-3-6-15(16)20/h3-4,6-7,9-10,12,17H,5,8,11H2,1-2H3,(H,21,23)/t17-/m0/s1. The summed E-state index contributed by atoms with van der Waals surface area (Å²) in [5.41, 5.74) is 1.10. The highest BCUT2D eigenvalue weighted by Gasteiger charge is 2.32. The van der Waals surface area contributed by atoms with Gasteiger partial charge in [-0.2, -0.15) is 0 Å². The molecule has 1 heterocycles. The number of carbonyl (C=O) groups is 1. The van der Waals surface area contributed by atoms with Crippen LogP contribution in [0.1, 0.15) is 24.4 Å². The van der Waals surface area contributed by atoms with Crippen LogP contribution in [0.5, 0.6) is 11.5 Å². The van der Waals surface area contributed by atoms with Crippen molar-refractivity contribution < 1.29 is 18.7 Å². The van der Waals surface area contributed by atoms with Crippen molar-refractivity contribution in [1.82, 2.24) is 4.90 Å². The number of rotatable bonds is 4. The molecular formula is C19H21FN2O3. The number of nitrogens with one attached hydrogen (secondary N) is 1. The van der Waals surface area contributed by atoms with Crippen molar-refractivity contribution in [2.75, 3.05) is 26.1 Å². The molecule has 1 aliphatic rings. The van der Waals surface area contributed by atoms with Crippen LogP contribution >= 0.6 is 0 Å². The van der Waals surface area contributed by atoms with Gasteiger partial charge in [0, 0.05) is 18.2 Å². The number of amides is 2. The second kappa shape index (κ2) is 7.42. The fraction of sp³-hybridized carbons (Fsp3) is 0.316. The minimum atomic E-state index is -0.450. The largest absolute Gasteiger partial charge is 0.497 e. The van der Waals surface area contributed by atoms with E-state index >= 15 is 0 Å². The van der Waals surface area contributed by atoms with Crippen molar-refractivity contribution in [2.45, 2.75) is 18.9 Å². The predicted molar refractivity (Wildman–Crippen MR) is 93.6 cm³/mol. The Morgan fingerprint density at radius 2 is 2.00 bits per heavy atom. The lowest BCUT2D eigenvalue weighted by Crippen LogP contribution is -2.34. The molecule has 1 fully saturated rings. The molecule has 2 amide bonds. The van der Waals surface area contributed by atoms with Gasteiger partial charge in [-0.1, -0.05) is 12.1 Å². The van der Waals surface area contributed by atoms with Crippen LogP contribution in [-0.2, 0) is 0 Å². The summed E-state index contributed by atoms with van der Waals surface area (Å²) in [6, 6.07) is 11.3. The number of hydrogen-bond acceptors (Lipinski definition) is 3. The molecule has 1 saturated heterocycles. The number of ether oxygens (including phenoxy) is 2. The summed E-state index contributed by atoms with van der Waals surface area (Å²) < 4.78 is 24.5. The lowest BCUT2D eigenvalue weighted by Gasteiger charge is -2.26. The molecule has 6 heteroatoms. The number of para-hydroxylation sites is 1. The van der Waals surface area contributed by atoms with Crippen molar-refractivity contribution in [3.05, 3.63) is 53.8 Å². The van der Waals surface area contributed by atoms with Crippen molar-refractivity contribution in [1.29, 1.82) is 0 Å². The minimum absolute atomic E-state index is 0.118. The summed E-state index contributed by atoms with van der Waals surface area (Å²) in [5.74, 6) is 0.921. The van der Waals surface area contributed by atoms with Crippen molar-refractivity contribution in [2.24, 2.45) is 0 Å². The lowest BCUT2D eigenvalue weighted by atomic mass is 10.0. The van der Waals surface area contributed by atoms with Gasteiger partial charge in [0.2, 0.25) is 0 Å². The zero-order chi connectivity index (χ0) is 17.8. The van der Waals surface area contributed by atoms with Gasteiger partial charge < -0.3 is 19.7 Å². The third-order valence-corrected chi connectivity index (χ3v) is 4.43. The number of carbonyl (C=O) groups excluding carboxylic acids is 1. The van der Waals surface area contributed by atoms with Gasteiger partial charge in [-0.25, -0.2) is 9.18 Å². The first-order valence-electron chi connectivity index (χ1n) is 8.18. The number of benzene rings is 2. The number of urea groups is 1. The molecule has 1 N–H and O–H groups in total. The van der Waals surface area contributed by atoms with Crippen molar-refractivity contribution in [3.8, 4) is 11.5 Å². The van der Waals surface area contributed by atoms with E-state index in [1.807, 2.05) is 12.1 Å². The van der Waals surface area contributed by atoms with E-state index in [-0.39, 0.29) is 17.8 Å². The van der Waals surface area contributed by atoms with Gasteiger partial charge in [-0.15, -0.1) is 0 Å². The molecule has 5 nitrogen and oxygen atoms in total. The van der Waals surface area contributed by atoms with Crippen LogP contribution in [0.3, 0.4) is 0 Å². The fourth-order valence-electron chi connectivity index (χ4n) is 3.18. The summed E-state index contributed by atoms with van der Waals surface area (Å²) >= 11 is 0. The first-order valence-corrected chi connectivity index (χ1v) is 8.18. The van der Waals surface area contributed by atoms with Gasteiger partial charge in [0.25, 0.3) is 0 Å². The number of anilines is 1. The van der Waals surface area contributed by atoms with E-state index in [2.05, 4.69) is 5.32 Å². The Morgan fingerprint density at radius 3 is 2.72 bits per heavy atom. The maximum atomic E-state index is 13.8. The zero-order valence-electron chi connectivity index (χ0n) is 14.3.